The summed E-state index contributed by atoms with van der Waals surface area (Å²) in [6.07, 6.45) is 0. The van der Waals surface area contributed by atoms with E-state index >= 15 is 0 Å². The number of methoxy groups -OCH3 is 2. The fraction of sp³-hybridized carbons (Fsp3) is 0.571. The molecule has 0 bridgehead atoms. The average molecular weight is 252 g/mol. The minimum atomic E-state index is 0.491. The predicted molar refractivity (Wildman–Crippen MR) is 74.2 cm³/mol. The van der Waals surface area contributed by atoms with E-state index in [1.54, 1.807) is 14.2 Å². The van der Waals surface area contributed by atoms with E-state index in [0.29, 0.717) is 12.5 Å². The van der Waals surface area contributed by atoms with E-state index in [2.05, 4.69) is 19.2 Å². The first-order valence-corrected chi connectivity index (χ1v) is 6.24. The maximum atomic E-state index is 5.59. The van der Waals surface area contributed by atoms with Gasteiger partial charge in [-0.05, 0) is 49.2 Å². The van der Waals surface area contributed by atoms with Gasteiger partial charge in [0, 0.05) is 6.54 Å². The van der Waals surface area contributed by atoms with Crippen LogP contribution in [0.3, 0.4) is 0 Å². The first kappa shape index (κ1) is 14.8. The van der Waals surface area contributed by atoms with Gasteiger partial charge in [-0.3, -0.25) is 0 Å². The van der Waals surface area contributed by atoms with Crippen LogP contribution in [0.25, 0.3) is 0 Å². The Morgan fingerprint density at radius 3 is 2.39 bits per heavy atom. The summed E-state index contributed by atoms with van der Waals surface area (Å²) in [7, 11) is 3.30. The molecule has 0 saturated heterocycles. The molecule has 0 spiro atoms. The molecule has 18 heavy (non-hydrogen) atoms. The van der Waals surface area contributed by atoms with E-state index in [1.165, 1.54) is 11.1 Å². The topological polar surface area (TPSA) is 56.5 Å². The van der Waals surface area contributed by atoms with Crippen LogP contribution in [0.1, 0.15) is 18.1 Å². The van der Waals surface area contributed by atoms with Crippen LogP contribution >= 0.6 is 0 Å². The minimum absolute atomic E-state index is 0.491. The summed E-state index contributed by atoms with van der Waals surface area (Å²) in [6, 6.07) is 4.02. The van der Waals surface area contributed by atoms with E-state index in [-0.39, 0.29) is 0 Å². The van der Waals surface area contributed by atoms with Gasteiger partial charge < -0.3 is 20.5 Å². The van der Waals surface area contributed by atoms with Gasteiger partial charge in [0.15, 0.2) is 11.5 Å². The van der Waals surface area contributed by atoms with E-state index in [4.69, 9.17) is 15.2 Å². The summed E-state index contributed by atoms with van der Waals surface area (Å²) < 4.78 is 10.6. The van der Waals surface area contributed by atoms with Gasteiger partial charge in [0.05, 0.1) is 14.2 Å². The number of rotatable bonds is 7. The van der Waals surface area contributed by atoms with Gasteiger partial charge >= 0.3 is 0 Å². The molecule has 1 aromatic rings. The highest BCUT2D eigenvalue weighted by Crippen LogP contribution is 2.30. The van der Waals surface area contributed by atoms with Crippen LogP contribution in [0.15, 0.2) is 12.1 Å². The second-order valence-corrected chi connectivity index (χ2v) is 4.61. The Hall–Kier alpha value is -1.26. The maximum absolute atomic E-state index is 5.59. The molecule has 3 N–H and O–H groups in total. The first-order chi connectivity index (χ1) is 8.62. The molecule has 1 aromatic carbocycles. The number of nitrogens with two attached hydrogens (primary N) is 1. The van der Waals surface area contributed by atoms with Crippen LogP contribution in [0.5, 0.6) is 11.5 Å². The molecule has 102 valence electrons. The lowest BCUT2D eigenvalue weighted by Gasteiger charge is -2.14. The number of hydrogen-bond donors (Lipinski definition) is 2. The molecule has 4 heteroatoms. The van der Waals surface area contributed by atoms with Gasteiger partial charge in [-0.2, -0.15) is 0 Å². The summed E-state index contributed by atoms with van der Waals surface area (Å²) in [5.74, 6) is 2.03. The number of aryl methyl sites for hydroxylation is 1. The third-order valence-electron chi connectivity index (χ3n) is 3.05. The van der Waals surface area contributed by atoms with E-state index < -0.39 is 0 Å². The van der Waals surface area contributed by atoms with Crippen molar-refractivity contribution in [3.8, 4) is 11.5 Å². The van der Waals surface area contributed by atoms with Gasteiger partial charge in [-0.25, -0.2) is 0 Å². The normalized spacial score (nSPS) is 12.3. The van der Waals surface area contributed by atoms with Crippen LogP contribution in [0, 0.1) is 12.8 Å². The van der Waals surface area contributed by atoms with Crippen molar-refractivity contribution in [1.82, 2.24) is 5.32 Å². The second kappa shape index (κ2) is 7.24. The SMILES string of the molecule is COc1cc(C)c(CNCC(C)CN)cc1OC. The molecule has 0 saturated carbocycles. The van der Waals surface area contributed by atoms with E-state index in [0.717, 1.165) is 24.6 Å². The monoisotopic (exact) mass is 252 g/mol. The molecule has 0 aliphatic heterocycles. The third-order valence-corrected chi connectivity index (χ3v) is 3.05. The van der Waals surface area contributed by atoms with Crippen molar-refractivity contribution < 1.29 is 9.47 Å². The Bertz CT molecular complexity index is 380. The van der Waals surface area contributed by atoms with E-state index in [1.807, 2.05) is 12.1 Å². The number of hydrogen-bond acceptors (Lipinski definition) is 4. The molecule has 0 aliphatic carbocycles. The Morgan fingerprint density at radius 1 is 1.22 bits per heavy atom. The number of benzene rings is 1. The predicted octanol–water partition coefficient (Wildman–Crippen LogP) is 1.70. The van der Waals surface area contributed by atoms with Crippen molar-refractivity contribution in [2.45, 2.75) is 20.4 Å². The maximum Gasteiger partial charge on any atom is 0.161 e. The van der Waals surface area contributed by atoms with Gasteiger partial charge in [0.25, 0.3) is 0 Å². The highest BCUT2D eigenvalue weighted by atomic mass is 16.5. The fourth-order valence-corrected chi connectivity index (χ4v) is 1.75. The van der Waals surface area contributed by atoms with Gasteiger partial charge in [-0.15, -0.1) is 0 Å². The summed E-state index contributed by atoms with van der Waals surface area (Å²) >= 11 is 0. The zero-order chi connectivity index (χ0) is 13.5. The summed E-state index contributed by atoms with van der Waals surface area (Å²) in [5, 5.41) is 3.41. The van der Waals surface area contributed by atoms with Gasteiger partial charge in [0.2, 0.25) is 0 Å². The summed E-state index contributed by atoms with van der Waals surface area (Å²) in [4.78, 5) is 0. The van der Waals surface area contributed by atoms with Crippen LogP contribution in [-0.2, 0) is 6.54 Å². The Balaban J connectivity index is 2.71. The minimum Gasteiger partial charge on any atom is -0.493 e. The lowest BCUT2D eigenvalue weighted by atomic mass is 10.1. The van der Waals surface area contributed by atoms with Crippen molar-refractivity contribution in [1.29, 1.82) is 0 Å². The van der Waals surface area contributed by atoms with Crippen LogP contribution in [0.2, 0.25) is 0 Å². The van der Waals surface area contributed by atoms with Crippen molar-refractivity contribution in [2.75, 3.05) is 27.3 Å². The molecular formula is C14H24N2O2. The zero-order valence-corrected chi connectivity index (χ0v) is 11.7. The molecule has 0 aromatic heterocycles. The van der Waals surface area contributed by atoms with Crippen LogP contribution in [-0.4, -0.2) is 27.3 Å². The zero-order valence-electron chi connectivity index (χ0n) is 11.7. The van der Waals surface area contributed by atoms with Crippen LogP contribution in [0.4, 0.5) is 0 Å². The molecular weight excluding hydrogens is 228 g/mol. The molecule has 0 amide bonds. The fourth-order valence-electron chi connectivity index (χ4n) is 1.75. The molecule has 4 nitrogen and oxygen atoms in total. The number of nitrogens with one attached hydrogen (secondary N) is 1. The summed E-state index contributed by atoms with van der Waals surface area (Å²) in [6.45, 7) is 6.65. The van der Waals surface area contributed by atoms with Crippen LogP contribution < -0.4 is 20.5 Å². The van der Waals surface area contributed by atoms with Crippen molar-refractivity contribution in [3.63, 3.8) is 0 Å². The van der Waals surface area contributed by atoms with Gasteiger partial charge in [-0.1, -0.05) is 6.92 Å². The van der Waals surface area contributed by atoms with Crippen molar-refractivity contribution >= 4 is 0 Å². The molecule has 1 atom stereocenters. The van der Waals surface area contributed by atoms with Gasteiger partial charge in [0.1, 0.15) is 0 Å². The molecule has 0 radical (unpaired) electrons. The standard InChI is InChI=1S/C14H24N2O2/c1-10(7-15)8-16-9-12-6-14(18-4)13(17-3)5-11(12)2/h5-6,10,16H,7-9,15H2,1-4H3. The Morgan fingerprint density at radius 2 is 1.83 bits per heavy atom. The molecule has 0 aliphatic rings. The summed E-state index contributed by atoms with van der Waals surface area (Å²) in [5.41, 5.74) is 8.00. The quantitative estimate of drug-likeness (QED) is 0.775. The van der Waals surface area contributed by atoms with Crippen molar-refractivity contribution in [2.24, 2.45) is 11.7 Å². The molecule has 0 fully saturated rings. The largest absolute Gasteiger partial charge is 0.493 e. The third kappa shape index (κ3) is 3.89. The molecule has 1 rings (SSSR count). The molecule has 1 unspecified atom stereocenters. The lowest BCUT2D eigenvalue weighted by molar-refractivity contribution is 0.354. The lowest BCUT2D eigenvalue weighted by Crippen LogP contribution is -2.26. The Kier molecular flexibility index (Phi) is 5.95. The second-order valence-electron chi connectivity index (χ2n) is 4.61. The molecule has 0 heterocycles. The highest BCUT2D eigenvalue weighted by Gasteiger charge is 2.08. The average Bonchev–Trinajstić information content (AvgIpc) is 2.39. The Labute approximate surface area is 109 Å². The smallest absolute Gasteiger partial charge is 0.161 e. The van der Waals surface area contributed by atoms with E-state index in [9.17, 15) is 0 Å². The van der Waals surface area contributed by atoms with Crippen molar-refractivity contribution in [3.05, 3.63) is 23.3 Å². The number of ether oxygens (including phenoxy) is 2. The highest BCUT2D eigenvalue weighted by molar-refractivity contribution is 5.46. The first-order valence-electron chi connectivity index (χ1n) is 6.24.